The van der Waals surface area contributed by atoms with Crippen LogP contribution in [0.5, 0.6) is 0 Å². The van der Waals surface area contributed by atoms with Gasteiger partial charge in [0.05, 0.1) is 17.3 Å². The molecular formula is C12H10FN3S. The van der Waals surface area contributed by atoms with Crippen LogP contribution in [0.3, 0.4) is 0 Å². The summed E-state index contributed by atoms with van der Waals surface area (Å²) in [5, 5.41) is 9.45. The summed E-state index contributed by atoms with van der Waals surface area (Å²) in [6.45, 7) is 1.87. The standard InChI is InChI=1S/C12H10FN3S/c1-7-11(17-12(15)16-7)5-8-2-3-10(13)4-9(8)6-14/h2-4H,5H2,1H3,(H2,15,16). The van der Waals surface area contributed by atoms with Gasteiger partial charge in [0.2, 0.25) is 0 Å². The SMILES string of the molecule is Cc1nc(N)sc1Cc1ccc(F)cc1C#N. The lowest BCUT2D eigenvalue weighted by atomic mass is 10.0. The lowest BCUT2D eigenvalue weighted by Crippen LogP contribution is -1.93. The molecule has 2 rings (SSSR count). The Kier molecular flexibility index (Phi) is 3.07. The van der Waals surface area contributed by atoms with Crippen LogP contribution in [0.2, 0.25) is 0 Å². The summed E-state index contributed by atoms with van der Waals surface area (Å²) in [5.74, 6) is -0.397. The first kappa shape index (κ1) is 11.6. The largest absolute Gasteiger partial charge is 0.375 e. The van der Waals surface area contributed by atoms with Gasteiger partial charge in [-0.1, -0.05) is 6.07 Å². The van der Waals surface area contributed by atoms with Gasteiger partial charge in [-0.05, 0) is 24.6 Å². The quantitative estimate of drug-likeness (QED) is 0.887. The van der Waals surface area contributed by atoms with E-state index < -0.39 is 5.82 Å². The van der Waals surface area contributed by atoms with Crippen LogP contribution in [0.1, 0.15) is 21.7 Å². The highest BCUT2D eigenvalue weighted by Crippen LogP contribution is 2.24. The van der Waals surface area contributed by atoms with E-state index in [4.69, 9.17) is 11.0 Å². The molecule has 3 nitrogen and oxygen atoms in total. The second-order valence-corrected chi connectivity index (χ2v) is 4.77. The molecule has 0 aliphatic carbocycles. The number of thiazole rings is 1. The van der Waals surface area contributed by atoms with E-state index in [2.05, 4.69) is 4.98 Å². The number of aromatic nitrogens is 1. The number of anilines is 1. The number of nitrogen functional groups attached to an aromatic ring is 1. The lowest BCUT2D eigenvalue weighted by Gasteiger charge is -2.02. The van der Waals surface area contributed by atoms with E-state index in [9.17, 15) is 4.39 Å². The third-order valence-corrected chi connectivity index (χ3v) is 3.44. The summed E-state index contributed by atoms with van der Waals surface area (Å²) in [4.78, 5) is 5.12. The zero-order valence-electron chi connectivity index (χ0n) is 9.20. The number of hydrogen-bond acceptors (Lipinski definition) is 4. The molecule has 5 heteroatoms. The fourth-order valence-electron chi connectivity index (χ4n) is 1.59. The molecule has 0 unspecified atom stereocenters. The summed E-state index contributed by atoms with van der Waals surface area (Å²) in [6.07, 6.45) is 0.559. The number of hydrogen-bond donors (Lipinski definition) is 1. The van der Waals surface area contributed by atoms with Crippen LogP contribution in [-0.4, -0.2) is 4.98 Å². The summed E-state index contributed by atoms with van der Waals surface area (Å²) in [7, 11) is 0. The highest BCUT2D eigenvalue weighted by Gasteiger charge is 2.10. The predicted molar refractivity (Wildman–Crippen MR) is 65.2 cm³/mol. The molecule has 1 heterocycles. The Hall–Kier alpha value is -1.93. The fourth-order valence-corrected chi connectivity index (χ4v) is 2.45. The highest BCUT2D eigenvalue weighted by molar-refractivity contribution is 7.15. The summed E-state index contributed by atoms with van der Waals surface area (Å²) < 4.78 is 13.0. The Labute approximate surface area is 102 Å². The van der Waals surface area contributed by atoms with Gasteiger partial charge in [0.15, 0.2) is 5.13 Å². The summed E-state index contributed by atoms with van der Waals surface area (Å²) >= 11 is 1.40. The van der Waals surface area contributed by atoms with E-state index in [0.717, 1.165) is 16.1 Å². The van der Waals surface area contributed by atoms with Crippen LogP contribution in [0.25, 0.3) is 0 Å². The van der Waals surface area contributed by atoms with Crippen LogP contribution in [0.4, 0.5) is 9.52 Å². The molecule has 1 aromatic carbocycles. The minimum Gasteiger partial charge on any atom is -0.375 e. The second kappa shape index (κ2) is 4.52. The van der Waals surface area contributed by atoms with Crippen molar-refractivity contribution >= 4 is 16.5 Å². The third-order valence-electron chi connectivity index (χ3n) is 2.45. The van der Waals surface area contributed by atoms with Gasteiger partial charge in [0.1, 0.15) is 5.82 Å². The van der Waals surface area contributed by atoms with Crippen LogP contribution >= 0.6 is 11.3 Å². The highest BCUT2D eigenvalue weighted by atomic mass is 32.1. The summed E-state index contributed by atoms with van der Waals surface area (Å²) in [6, 6.07) is 6.23. The predicted octanol–water partition coefficient (Wildman–Crippen LogP) is 2.64. The molecule has 17 heavy (non-hydrogen) atoms. The number of aryl methyl sites for hydroxylation is 1. The minimum absolute atomic E-state index is 0.358. The fraction of sp³-hybridized carbons (Fsp3) is 0.167. The first-order chi connectivity index (χ1) is 8.10. The maximum atomic E-state index is 13.0. The molecule has 0 radical (unpaired) electrons. The molecule has 2 aromatic rings. The van der Waals surface area contributed by atoms with Crippen molar-refractivity contribution in [2.45, 2.75) is 13.3 Å². The Morgan fingerprint density at radius 2 is 2.29 bits per heavy atom. The Balaban J connectivity index is 2.37. The number of rotatable bonds is 2. The van der Waals surface area contributed by atoms with E-state index >= 15 is 0 Å². The first-order valence-electron chi connectivity index (χ1n) is 5.00. The van der Waals surface area contributed by atoms with Crippen molar-refractivity contribution in [3.63, 3.8) is 0 Å². The lowest BCUT2D eigenvalue weighted by molar-refractivity contribution is 0.626. The summed E-state index contributed by atoms with van der Waals surface area (Å²) in [5.41, 5.74) is 7.62. The number of nitrogens with two attached hydrogens (primary N) is 1. The normalized spacial score (nSPS) is 10.2. The zero-order chi connectivity index (χ0) is 12.4. The minimum atomic E-state index is -0.397. The van der Waals surface area contributed by atoms with Crippen LogP contribution in [-0.2, 0) is 6.42 Å². The van der Waals surface area contributed by atoms with Crippen molar-refractivity contribution in [2.24, 2.45) is 0 Å². The van der Waals surface area contributed by atoms with Gasteiger partial charge in [0, 0.05) is 11.3 Å². The van der Waals surface area contributed by atoms with Crippen molar-refractivity contribution in [3.8, 4) is 6.07 Å². The van der Waals surface area contributed by atoms with Crippen molar-refractivity contribution < 1.29 is 4.39 Å². The molecular weight excluding hydrogens is 237 g/mol. The van der Waals surface area contributed by atoms with Crippen LogP contribution in [0, 0.1) is 24.1 Å². The third kappa shape index (κ3) is 2.43. The van der Waals surface area contributed by atoms with Gasteiger partial charge in [-0.25, -0.2) is 9.37 Å². The van der Waals surface area contributed by atoms with Crippen molar-refractivity contribution in [1.29, 1.82) is 5.26 Å². The Morgan fingerprint density at radius 1 is 1.53 bits per heavy atom. The number of halogens is 1. The molecule has 0 aliphatic rings. The number of nitrogens with zero attached hydrogens (tertiary/aromatic N) is 2. The van der Waals surface area contributed by atoms with E-state index in [1.54, 1.807) is 6.07 Å². The Morgan fingerprint density at radius 3 is 2.88 bits per heavy atom. The average Bonchev–Trinajstić information content (AvgIpc) is 2.60. The van der Waals surface area contributed by atoms with E-state index in [-0.39, 0.29) is 0 Å². The molecule has 0 atom stereocenters. The van der Waals surface area contributed by atoms with Gasteiger partial charge in [-0.15, -0.1) is 11.3 Å². The maximum absolute atomic E-state index is 13.0. The van der Waals surface area contributed by atoms with E-state index in [1.165, 1.54) is 23.5 Å². The van der Waals surface area contributed by atoms with Gasteiger partial charge in [0.25, 0.3) is 0 Å². The van der Waals surface area contributed by atoms with E-state index in [0.29, 0.717) is 17.1 Å². The van der Waals surface area contributed by atoms with Gasteiger partial charge < -0.3 is 5.73 Å². The first-order valence-corrected chi connectivity index (χ1v) is 5.82. The van der Waals surface area contributed by atoms with Crippen molar-refractivity contribution in [1.82, 2.24) is 4.98 Å². The molecule has 0 saturated carbocycles. The number of nitriles is 1. The van der Waals surface area contributed by atoms with Crippen LogP contribution in [0.15, 0.2) is 18.2 Å². The van der Waals surface area contributed by atoms with Gasteiger partial charge in [-0.2, -0.15) is 5.26 Å². The zero-order valence-corrected chi connectivity index (χ0v) is 10.0. The molecule has 0 fully saturated rings. The van der Waals surface area contributed by atoms with E-state index in [1.807, 2.05) is 13.0 Å². The average molecular weight is 247 g/mol. The van der Waals surface area contributed by atoms with Crippen molar-refractivity contribution in [3.05, 3.63) is 45.7 Å². The Bertz CT molecular complexity index is 598. The molecule has 0 spiro atoms. The molecule has 2 N–H and O–H groups in total. The van der Waals surface area contributed by atoms with Gasteiger partial charge in [-0.3, -0.25) is 0 Å². The van der Waals surface area contributed by atoms with Crippen molar-refractivity contribution in [2.75, 3.05) is 5.73 Å². The van der Waals surface area contributed by atoms with Crippen LogP contribution < -0.4 is 5.73 Å². The smallest absolute Gasteiger partial charge is 0.180 e. The maximum Gasteiger partial charge on any atom is 0.180 e. The molecule has 1 aromatic heterocycles. The topological polar surface area (TPSA) is 62.7 Å². The van der Waals surface area contributed by atoms with Gasteiger partial charge >= 0.3 is 0 Å². The molecule has 0 bridgehead atoms. The monoisotopic (exact) mass is 247 g/mol. The molecule has 0 saturated heterocycles. The number of benzene rings is 1. The molecule has 0 aliphatic heterocycles. The second-order valence-electron chi connectivity index (χ2n) is 3.65. The molecule has 0 amide bonds. The molecule has 86 valence electrons.